The summed E-state index contributed by atoms with van der Waals surface area (Å²) >= 11 is 6.72. The van der Waals surface area contributed by atoms with Crippen LogP contribution in [0.3, 0.4) is 0 Å². The molecule has 1 aromatic carbocycles. The summed E-state index contributed by atoms with van der Waals surface area (Å²) in [5.41, 5.74) is -0.716. The van der Waals surface area contributed by atoms with Crippen LogP contribution in [-0.4, -0.2) is 23.0 Å². The van der Waals surface area contributed by atoms with Gasteiger partial charge in [0.15, 0.2) is 0 Å². The normalized spacial score (nSPS) is 10.7. The fraction of sp³-hybridized carbons (Fsp3) is 0.0714. The lowest BCUT2D eigenvalue weighted by Gasteiger charge is -2.08. The minimum absolute atomic E-state index is 0.0540. The first-order valence-electron chi connectivity index (χ1n) is 6.25. The summed E-state index contributed by atoms with van der Waals surface area (Å²) in [6.45, 7) is 0. The number of methoxy groups -OCH3 is 1. The monoisotopic (exact) mass is 443 g/mol. The van der Waals surface area contributed by atoms with Gasteiger partial charge in [0, 0.05) is 22.3 Å². The second-order valence-corrected chi connectivity index (χ2v) is 6.09. The third-order valence-electron chi connectivity index (χ3n) is 2.73. The van der Waals surface area contributed by atoms with Gasteiger partial charge in [0.25, 0.3) is 5.56 Å². The van der Waals surface area contributed by atoms with Crippen LogP contribution < -0.4 is 21.3 Å². The molecule has 0 spiro atoms. The van der Waals surface area contributed by atoms with E-state index < -0.39 is 17.2 Å². The molecule has 0 aliphatic carbocycles. The number of carbonyl (C=O) groups excluding carboxylic acids is 1. The summed E-state index contributed by atoms with van der Waals surface area (Å²) in [5, 5.41) is 2.37. The van der Waals surface area contributed by atoms with Gasteiger partial charge in [-0.05, 0) is 34.1 Å². The van der Waals surface area contributed by atoms with Crippen molar-refractivity contribution in [2.75, 3.05) is 12.4 Å². The van der Waals surface area contributed by atoms with Crippen LogP contribution in [-0.2, 0) is 4.79 Å². The number of hydrogen-bond donors (Lipinski definition) is 3. The van der Waals surface area contributed by atoms with E-state index in [4.69, 9.17) is 4.74 Å². The Labute approximate surface area is 147 Å². The Balaban J connectivity index is 2.22. The molecule has 0 bridgehead atoms. The van der Waals surface area contributed by atoms with Crippen molar-refractivity contribution < 1.29 is 9.53 Å². The number of H-pyrrole nitrogens is 2. The van der Waals surface area contributed by atoms with Gasteiger partial charge >= 0.3 is 5.69 Å². The van der Waals surface area contributed by atoms with E-state index in [1.54, 1.807) is 12.1 Å². The average Bonchev–Trinajstić information content (AvgIpc) is 2.47. The molecule has 1 amide bonds. The molecule has 0 aliphatic heterocycles. The van der Waals surface area contributed by atoms with E-state index in [-0.39, 0.29) is 5.69 Å². The fourth-order valence-electron chi connectivity index (χ4n) is 1.76. The predicted molar refractivity (Wildman–Crippen MR) is 93.7 cm³/mol. The second-order valence-electron chi connectivity index (χ2n) is 4.32. The highest BCUT2D eigenvalue weighted by Crippen LogP contribution is 2.33. The maximum Gasteiger partial charge on any atom is 0.325 e. The number of ether oxygens (including phenoxy) is 1. The van der Waals surface area contributed by atoms with Crippen molar-refractivity contribution in [3.05, 3.63) is 59.8 Å². The Morgan fingerprint density at radius 2 is 2.04 bits per heavy atom. The van der Waals surface area contributed by atoms with Gasteiger partial charge in [0.2, 0.25) is 5.91 Å². The van der Waals surface area contributed by atoms with Gasteiger partial charge in [0.1, 0.15) is 11.4 Å². The first kappa shape index (κ1) is 17.2. The van der Waals surface area contributed by atoms with E-state index >= 15 is 0 Å². The number of aromatic nitrogens is 2. The van der Waals surface area contributed by atoms with Gasteiger partial charge in [-0.25, -0.2) is 4.79 Å². The Morgan fingerprint density at radius 1 is 1.30 bits per heavy atom. The van der Waals surface area contributed by atoms with Gasteiger partial charge in [-0.15, -0.1) is 0 Å². The molecule has 0 saturated heterocycles. The fourth-order valence-corrected chi connectivity index (χ4v) is 3.18. The first-order chi connectivity index (χ1) is 10.9. The Hall–Kier alpha value is -2.13. The molecule has 0 fully saturated rings. The first-order valence-corrected chi connectivity index (χ1v) is 7.83. The standard InChI is InChI=1S/C14H11Br2N3O4/c1-23-12-7(4-8(15)5-9(12)16)2-3-11(20)18-10-6-17-14(22)19-13(10)21/h2-6H,1H3,(H,18,20)(H2,17,19,21,22)/b3-2+. The predicted octanol–water partition coefficient (Wildman–Crippen LogP) is 2.25. The zero-order valence-electron chi connectivity index (χ0n) is 11.8. The molecule has 0 aliphatic rings. The van der Waals surface area contributed by atoms with Gasteiger partial charge in [0.05, 0.1) is 11.6 Å². The van der Waals surface area contributed by atoms with Crippen molar-refractivity contribution in [3.63, 3.8) is 0 Å². The second kappa shape index (κ2) is 7.42. The maximum absolute atomic E-state index is 11.9. The lowest BCUT2D eigenvalue weighted by atomic mass is 10.2. The third-order valence-corrected chi connectivity index (χ3v) is 3.78. The Kier molecular flexibility index (Phi) is 5.56. The molecular weight excluding hydrogens is 434 g/mol. The van der Waals surface area contributed by atoms with Gasteiger partial charge < -0.3 is 15.0 Å². The summed E-state index contributed by atoms with van der Waals surface area (Å²) < 4.78 is 6.80. The van der Waals surface area contributed by atoms with E-state index in [1.165, 1.54) is 13.2 Å². The number of rotatable bonds is 4. The van der Waals surface area contributed by atoms with E-state index in [0.29, 0.717) is 11.3 Å². The number of anilines is 1. The van der Waals surface area contributed by atoms with Crippen molar-refractivity contribution in [2.24, 2.45) is 0 Å². The molecule has 0 atom stereocenters. The highest BCUT2D eigenvalue weighted by atomic mass is 79.9. The van der Waals surface area contributed by atoms with Crippen LogP contribution in [0.1, 0.15) is 5.56 Å². The van der Waals surface area contributed by atoms with Gasteiger partial charge in [-0.3, -0.25) is 14.6 Å². The molecule has 1 heterocycles. The maximum atomic E-state index is 11.9. The molecular formula is C14H11Br2N3O4. The number of hydrogen-bond acceptors (Lipinski definition) is 4. The minimum atomic E-state index is -0.682. The highest BCUT2D eigenvalue weighted by molar-refractivity contribution is 9.11. The van der Waals surface area contributed by atoms with E-state index in [2.05, 4.69) is 42.2 Å². The van der Waals surface area contributed by atoms with E-state index in [0.717, 1.165) is 15.1 Å². The molecule has 120 valence electrons. The minimum Gasteiger partial charge on any atom is -0.495 e. The van der Waals surface area contributed by atoms with E-state index in [1.807, 2.05) is 11.1 Å². The van der Waals surface area contributed by atoms with Crippen molar-refractivity contribution in [2.45, 2.75) is 0 Å². The molecule has 0 saturated carbocycles. The lowest BCUT2D eigenvalue weighted by Crippen LogP contribution is -2.25. The van der Waals surface area contributed by atoms with Crippen molar-refractivity contribution in [1.29, 1.82) is 0 Å². The SMILES string of the molecule is COc1c(Br)cc(Br)cc1/C=C/C(=O)Nc1c[nH]c(=O)[nH]c1=O. The molecule has 0 radical (unpaired) electrons. The van der Waals surface area contributed by atoms with Crippen LogP contribution in [0.25, 0.3) is 6.08 Å². The summed E-state index contributed by atoms with van der Waals surface area (Å²) in [7, 11) is 1.52. The number of aromatic amines is 2. The smallest absolute Gasteiger partial charge is 0.325 e. The van der Waals surface area contributed by atoms with Crippen LogP contribution in [0.5, 0.6) is 5.75 Å². The van der Waals surface area contributed by atoms with Gasteiger partial charge in [-0.2, -0.15) is 0 Å². The van der Waals surface area contributed by atoms with Crippen LogP contribution in [0.15, 0.2) is 42.9 Å². The number of amides is 1. The van der Waals surface area contributed by atoms with Crippen LogP contribution in [0.2, 0.25) is 0 Å². The number of nitrogens with one attached hydrogen (secondary N) is 3. The summed E-state index contributed by atoms with van der Waals surface area (Å²) in [5.74, 6) is 0.0415. The Bertz CT molecular complexity index is 886. The van der Waals surface area contributed by atoms with Crippen LogP contribution in [0, 0.1) is 0 Å². The molecule has 1 aromatic heterocycles. The number of halogens is 2. The van der Waals surface area contributed by atoms with Crippen LogP contribution >= 0.6 is 31.9 Å². The molecule has 7 nitrogen and oxygen atoms in total. The summed E-state index contributed by atoms with van der Waals surface area (Å²) in [6.07, 6.45) is 3.92. The molecule has 2 rings (SSSR count). The molecule has 9 heteroatoms. The molecule has 0 unspecified atom stereocenters. The quantitative estimate of drug-likeness (QED) is 0.629. The Morgan fingerprint density at radius 3 is 2.70 bits per heavy atom. The zero-order chi connectivity index (χ0) is 17.0. The molecule has 3 N–H and O–H groups in total. The van der Waals surface area contributed by atoms with Gasteiger partial charge in [-0.1, -0.05) is 15.9 Å². The topological polar surface area (TPSA) is 104 Å². The summed E-state index contributed by atoms with van der Waals surface area (Å²) in [6, 6.07) is 3.59. The average molecular weight is 445 g/mol. The highest BCUT2D eigenvalue weighted by Gasteiger charge is 2.08. The van der Waals surface area contributed by atoms with Crippen molar-refractivity contribution in [3.8, 4) is 5.75 Å². The van der Waals surface area contributed by atoms with Crippen molar-refractivity contribution >= 4 is 49.5 Å². The van der Waals surface area contributed by atoms with E-state index in [9.17, 15) is 14.4 Å². The summed E-state index contributed by atoms with van der Waals surface area (Å²) in [4.78, 5) is 38.6. The number of benzene rings is 1. The number of carbonyl (C=O) groups is 1. The largest absolute Gasteiger partial charge is 0.495 e. The van der Waals surface area contributed by atoms with Crippen molar-refractivity contribution in [1.82, 2.24) is 9.97 Å². The zero-order valence-corrected chi connectivity index (χ0v) is 14.9. The third kappa shape index (κ3) is 4.42. The molecule has 23 heavy (non-hydrogen) atoms. The van der Waals surface area contributed by atoms with Crippen LogP contribution in [0.4, 0.5) is 5.69 Å². The molecule has 2 aromatic rings. The lowest BCUT2D eigenvalue weighted by molar-refractivity contribution is -0.111.